The first-order chi connectivity index (χ1) is 16.1. The molecule has 4 heterocycles. The molecule has 6 atom stereocenters. The Balaban J connectivity index is 1.39. The molecule has 2 saturated heterocycles. The molecule has 2 unspecified atom stereocenters. The van der Waals surface area contributed by atoms with Gasteiger partial charge in [-0.3, -0.25) is 13.6 Å². The monoisotopic (exact) mass is 498 g/mol. The van der Waals surface area contributed by atoms with Gasteiger partial charge in [0, 0.05) is 18.2 Å². The van der Waals surface area contributed by atoms with Crippen LogP contribution in [0.3, 0.4) is 0 Å². The number of rotatable bonds is 4. The minimum atomic E-state index is -4.41. The van der Waals surface area contributed by atoms with E-state index in [1.54, 1.807) is 6.07 Å². The summed E-state index contributed by atoms with van der Waals surface area (Å²) in [7, 11) is -4.41. The van der Waals surface area contributed by atoms with Crippen molar-refractivity contribution < 1.29 is 41.9 Å². The van der Waals surface area contributed by atoms with Gasteiger partial charge in [-0.15, -0.1) is 0 Å². The fourth-order valence-electron chi connectivity index (χ4n) is 4.04. The molecule has 34 heavy (non-hydrogen) atoms. The van der Waals surface area contributed by atoms with Gasteiger partial charge in [0.2, 0.25) is 6.29 Å². The van der Waals surface area contributed by atoms with Crippen molar-refractivity contribution in [2.45, 2.75) is 43.7 Å². The summed E-state index contributed by atoms with van der Waals surface area (Å²) in [5.74, 6) is -1.24. The number of nitrogen functional groups attached to an aromatic ring is 1. The average Bonchev–Trinajstić information content (AvgIpc) is 3.30. The first-order valence-electron chi connectivity index (χ1n) is 10.3. The number of hydrogen-bond donors (Lipinski definition) is 3. The summed E-state index contributed by atoms with van der Waals surface area (Å²) in [5, 5.41) is 22.2. The van der Waals surface area contributed by atoms with Gasteiger partial charge in [0.05, 0.1) is 18.1 Å². The molecule has 5 rings (SSSR count). The molecule has 4 N–H and O–H groups in total. The smallest absolute Gasteiger partial charge is 0.385 e. The molecule has 0 aliphatic carbocycles. The summed E-state index contributed by atoms with van der Waals surface area (Å²) in [6, 6.07) is 4.42. The van der Waals surface area contributed by atoms with E-state index in [2.05, 4.69) is 9.97 Å². The fourth-order valence-corrected chi connectivity index (χ4v) is 5.49. The topological polar surface area (TPSA) is 151 Å². The zero-order chi connectivity index (χ0) is 24.3. The Morgan fingerprint density at radius 2 is 2.12 bits per heavy atom. The lowest BCUT2D eigenvalue weighted by atomic mass is 9.99. The highest BCUT2D eigenvalue weighted by molar-refractivity contribution is 7.48. The SMILES string of the molecule is C[C@@]1(O)[C@H](O)C(OP2(=O)OCC[C@H](c3cc(F)ccc3F)O2)O[C@H]1n1ccc2c(N)ncnc21. The number of phosphoric acid groups is 1. The fraction of sp³-hybridized carbons (Fsp3) is 0.400. The summed E-state index contributed by atoms with van der Waals surface area (Å²) in [6.45, 7) is 1.14. The number of aliphatic hydroxyl groups is 2. The van der Waals surface area contributed by atoms with Gasteiger partial charge in [-0.1, -0.05) is 0 Å². The van der Waals surface area contributed by atoms with Crippen LogP contribution in [0.15, 0.2) is 36.8 Å². The van der Waals surface area contributed by atoms with Crippen LogP contribution in [0.25, 0.3) is 11.0 Å². The van der Waals surface area contributed by atoms with Crippen molar-refractivity contribution in [1.29, 1.82) is 0 Å². The summed E-state index contributed by atoms with van der Waals surface area (Å²) in [4.78, 5) is 8.04. The minimum Gasteiger partial charge on any atom is -0.385 e. The molecule has 0 radical (unpaired) electrons. The molecule has 0 bridgehead atoms. The molecule has 0 saturated carbocycles. The summed E-state index contributed by atoms with van der Waals surface area (Å²) < 4.78 is 64.0. The molecule has 1 aromatic carbocycles. The Morgan fingerprint density at radius 3 is 2.91 bits per heavy atom. The molecule has 2 aliphatic heterocycles. The standard InChI is InChI=1S/C20H21F2N4O7P/c1-20(28)15(27)18(31-19(20)26-6-4-11-16(23)24-9-25-17(11)26)33-34(29)30-7-5-14(32-34)12-8-10(21)2-3-13(12)22/h2-4,6,8-9,14-15,18-19,27-28H,5,7H2,1H3,(H2,23,24,25)/t14-,15-,18?,19-,20-,34?/m1/s1. The number of hydrogen-bond acceptors (Lipinski definition) is 10. The second-order valence-corrected chi connectivity index (χ2v) is 9.76. The number of nitrogens with zero attached hydrogens (tertiary/aromatic N) is 3. The lowest BCUT2D eigenvalue weighted by Gasteiger charge is -2.31. The number of phosphoric ester groups is 1. The van der Waals surface area contributed by atoms with Gasteiger partial charge in [-0.25, -0.2) is 23.3 Å². The van der Waals surface area contributed by atoms with Crippen LogP contribution in [-0.2, 0) is 22.9 Å². The molecule has 2 aromatic heterocycles. The van der Waals surface area contributed by atoms with E-state index >= 15 is 0 Å². The third-order valence-electron chi connectivity index (χ3n) is 5.84. The van der Waals surface area contributed by atoms with Gasteiger partial charge >= 0.3 is 7.82 Å². The highest BCUT2D eigenvalue weighted by atomic mass is 31.2. The maximum absolute atomic E-state index is 14.2. The van der Waals surface area contributed by atoms with Crippen LogP contribution in [0.2, 0.25) is 0 Å². The summed E-state index contributed by atoms with van der Waals surface area (Å²) in [5.41, 5.74) is 4.09. The highest BCUT2D eigenvalue weighted by Gasteiger charge is 2.57. The van der Waals surface area contributed by atoms with E-state index in [-0.39, 0.29) is 24.4 Å². The van der Waals surface area contributed by atoms with E-state index in [1.165, 1.54) is 24.0 Å². The van der Waals surface area contributed by atoms with E-state index in [4.69, 9.17) is 24.0 Å². The number of benzene rings is 1. The maximum Gasteiger partial charge on any atom is 0.477 e. The molecule has 2 fully saturated rings. The van der Waals surface area contributed by atoms with Crippen molar-refractivity contribution >= 4 is 24.7 Å². The number of aromatic nitrogens is 3. The lowest BCUT2D eigenvalue weighted by molar-refractivity contribution is -0.145. The average molecular weight is 498 g/mol. The molecule has 182 valence electrons. The third kappa shape index (κ3) is 3.89. The first-order valence-corrected chi connectivity index (χ1v) is 11.7. The quantitative estimate of drug-likeness (QED) is 0.458. The Hall–Kier alpha value is -2.51. The van der Waals surface area contributed by atoms with Crippen molar-refractivity contribution in [3.8, 4) is 0 Å². The van der Waals surface area contributed by atoms with Gasteiger partial charge in [-0.2, -0.15) is 0 Å². The first kappa shape index (κ1) is 23.2. The van der Waals surface area contributed by atoms with Gasteiger partial charge in [-0.05, 0) is 31.2 Å². The second kappa shape index (κ2) is 8.31. The summed E-state index contributed by atoms with van der Waals surface area (Å²) in [6.07, 6.45) is -2.86. The number of halogens is 2. The van der Waals surface area contributed by atoms with Crippen LogP contribution in [0.5, 0.6) is 0 Å². The van der Waals surface area contributed by atoms with E-state index < -0.39 is 49.8 Å². The highest BCUT2D eigenvalue weighted by Crippen LogP contribution is 2.59. The van der Waals surface area contributed by atoms with Crippen LogP contribution < -0.4 is 5.73 Å². The van der Waals surface area contributed by atoms with Crippen LogP contribution >= 0.6 is 7.82 Å². The van der Waals surface area contributed by atoms with Crippen LogP contribution in [-0.4, -0.2) is 49.4 Å². The van der Waals surface area contributed by atoms with Gasteiger partial charge in [0.15, 0.2) is 6.23 Å². The maximum atomic E-state index is 14.2. The number of ether oxygens (including phenoxy) is 1. The van der Waals surface area contributed by atoms with Crippen LogP contribution in [0.4, 0.5) is 14.6 Å². The Kier molecular flexibility index (Phi) is 5.68. The molecule has 14 heteroatoms. The van der Waals surface area contributed by atoms with Crippen molar-refractivity contribution in [3.63, 3.8) is 0 Å². The Bertz CT molecular complexity index is 1290. The zero-order valence-corrected chi connectivity index (χ0v) is 18.6. The molecule has 0 amide bonds. The molecular weight excluding hydrogens is 477 g/mol. The minimum absolute atomic E-state index is 0.0820. The van der Waals surface area contributed by atoms with Crippen molar-refractivity contribution in [3.05, 3.63) is 54.0 Å². The van der Waals surface area contributed by atoms with Crippen LogP contribution in [0, 0.1) is 11.6 Å². The van der Waals surface area contributed by atoms with Crippen LogP contribution in [0.1, 0.15) is 31.2 Å². The molecule has 11 nitrogen and oxygen atoms in total. The number of nitrogens with two attached hydrogens (primary N) is 1. The van der Waals surface area contributed by atoms with E-state index in [0.717, 1.165) is 18.2 Å². The van der Waals surface area contributed by atoms with Crippen molar-refractivity contribution in [2.75, 3.05) is 12.3 Å². The van der Waals surface area contributed by atoms with E-state index in [9.17, 15) is 23.6 Å². The van der Waals surface area contributed by atoms with Gasteiger partial charge in [0.25, 0.3) is 0 Å². The third-order valence-corrected chi connectivity index (χ3v) is 7.31. The number of fused-ring (bicyclic) bond motifs is 1. The van der Waals surface area contributed by atoms with Crippen molar-refractivity contribution in [1.82, 2.24) is 14.5 Å². The molecule has 0 spiro atoms. The van der Waals surface area contributed by atoms with E-state index in [1.807, 2.05) is 0 Å². The predicted octanol–water partition coefficient (Wildman–Crippen LogP) is 2.56. The molecule has 2 aliphatic rings. The van der Waals surface area contributed by atoms with E-state index in [0.29, 0.717) is 11.0 Å². The normalized spacial score (nSPS) is 34.0. The van der Waals surface area contributed by atoms with Gasteiger partial charge < -0.3 is 25.3 Å². The second-order valence-electron chi connectivity index (χ2n) is 8.18. The Labute approximate surface area is 191 Å². The number of aliphatic hydroxyl groups excluding tert-OH is 1. The summed E-state index contributed by atoms with van der Waals surface area (Å²) >= 11 is 0. The molecular formula is C20H21F2N4O7P. The Morgan fingerprint density at radius 1 is 1.32 bits per heavy atom. The lowest BCUT2D eigenvalue weighted by Crippen LogP contribution is -2.44. The molecule has 3 aromatic rings. The number of anilines is 1. The predicted molar refractivity (Wildman–Crippen MR) is 112 cm³/mol. The van der Waals surface area contributed by atoms with Gasteiger partial charge in [0.1, 0.15) is 41.1 Å². The zero-order valence-electron chi connectivity index (χ0n) is 17.7. The largest absolute Gasteiger partial charge is 0.477 e. The van der Waals surface area contributed by atoms with Crippen molar-refractivity contribution in [2.24, 2.45) is 0 Å².